The number of hydrogen-bond acceptors (Lipinski definition) is 5. The van der Waals surface area contributed by atoms with Gasteiger partial charge in [-0.2, -0.15) is 0 Å². The number of methoxy groups -OCH3 is 1. The molecule has 6 heteroatoms. The SMILES string of the molecule is CCOC(=O)N1[C@H]2CC[C@]1(C(=O)OC)c1ccncc12. The summed E-state index contributed by atoms with van der Waals surface area (Å²) >= 11 is 0. The summed E-state index contributed by atoms with van der Waals surface area (Å²) in [6.07, 6.45) is 4.15. The van der Waals surface area contributed by atoms with Crippen molar-refractivity contribution < 1.29 is 19.1 Å². The Morgan fingerprint density at radius 3 is 3.05 bits per heavy atom. The quantitative estimate of drug-likeness (QED) is 0.770. The molecule has 20 heavy (non-hydrogen) atoms. The number of carbonyl (C=O) groups is 2. The zero-order chi connectivity index (χ0) is 14.3. The molecule has 2 aliphatic rings. The molecule has 1 fully saturated rings. The third-order valence-electron chi connectivity index (χ3n) is 4.15. The first-order chi connectivity index (χ1) is 9.66. The number of carbonyl (C=O) groups excluding carboxylic acids is 2. The minimum absolute atomic E-state index is 0.156. The van der Waals surface area contributed by atoms with Crippen LogP contribution in [-0.2, 0) is 19.8 Å². The monoisotopic (exact) mass is 276 g/mol. The number of esters is 1. The van der Waals surface area contributed by atoms with Gasteiger partial charge in [0.25, 0.3) is 0 Å². The standard InChI is InChI=1S/C14H16N2O4/c1-3-20-13(18)16-11-4-6-14(16,12(17)19-2)10-5-7-15-8-9(10)11/h5,7-8,11H,3-4,6H2,1-2H3/t11-,14+/m0/s1. The van der Waals surface area contributed by atoms with Gasteiger partial charge in [0, 0.05) is 12.4 Å². The molecular formula is C14H16N2O4. The van der Waals surface area contributed by atoms with Crippen molar-refractivity contribution in [1.29, 1.82) is 0 Å². The topological polar surface area (TPSA) is 68.7 Å². The Bertz CT molecular complexity index is 574. The number of hydrogen-bond donors (Lipinski definition) is 0. The van der Waals surface area contributed by atoms with Gasteiger partial charge in [0.1, 0.15) is 0 Å². The Morgan fingerprint density at radius 2 is 2.35 bits per heavy atom. The van der Waals surface area contributed by atoms with E-state index in [9.17, 15) is 9.59 Å². The van der Waals surface area contributed by atoms with Crippen molar-refractivity contribution in [2.75, 3.05) is 13.7 Å². The van der Waals surface area contributed by atoms with E-state index in [0.29, 0.717) is 12.8 Å². The number of amides is 1. The second kappa shape index (κ2) is 4.47. The van der Waals surface area contributed by atoms with Crippen molar-refractivity contribution in [3.8, 4) is 0 Å². The van der Waals surface area contributed by atoms with Gasteiger partial charge >= 0.3 is 12.1 Å². The molecule has 2 atom stereocenters. The van der Waals surface area contributed by atoms with E-state index in [4.69, 9.17) is 9.47 Å². The molecule has 0 aliphatic carbocycles. The molecule has 0 radical (unpaired) electrons. The van der Waals surface area contributed by atoms with Crippen LogP contribution in [0.5, 0.6) is 0 Å². The Labute approximate surface area is 116 Å². The van der Waals surface area contributed by atoms with Gasteiger partial charge in [0.2, 0.25) is 0 Å². The van der Waals surface area contributed by atoms with Crippen LogP contribution in [0.2, 0.25) is 0 Å². The third-order valence-corrected chi connectivity index (χ3v) is 4.15. The summed E-state index contributed by atoms with van der Waals surface area (Å²) in [7, 11) is 1.34. The molecule has 2 aliphatic heterocycles. The lowest BCUT2D eigenvalue weighted by Gasteiger charge is -2.31. The molecule has 6 nitrogen and oxygen atoms in total. The van der Waals surface area contributed by atoms with Crippen LogP contribution in [0, 0.1) is 0 Å². The van der Waals surface area contributed by atoms with E-state index in [2.05, 4.69) is 4.98 Å². The van der Waals surface area contributed by atoms with E-state index in [1.807, 2.05) is 0 Å². The predicted octanol–water partition coefficient (Wildman–Crippen LogP) is 1.76. The van der Waals surface area contributed by atoms with E-state index < -0.39 is 17.6 Å². The maximum atomic E-state index is 12.4. The first-order valence-electron chi connectivity index (χ1n) is 6.65. The van der Waals surface area contributed by atoms with Crippen LogP contribution in [0.4, 0.5) is 4.79 Å². The van der Waals surface area contributed by atoms with Crippen LogP contribution in [0.3, 0.4) is 0 Å². The highest BCUT2D eigenvalue weighted by Gasteiger charge is 2.63. The van der Waals surface area contributed by atoms with Gasteiger partial charge in [-0.05, 0) is 37.0 Å². The fraction of sp³-hybridized carbons (Fsp3) is 0.500. The van der Waals surface area contributed by atoms with Crippen molar-refractivity contribution in [3.63, 3.8) is 0 Å². The molecule has 1 aromatic rings. The van der Waals surface area contributed by atoms with Crippen LogP contribution in [0.15, 0.2) is 18.5 Å². The van der Waals surface area contributed by atoms with Crippen LogP contribution >= 0.6 is 0 Å². The van der Waals surface area contributed by atoms with Gasteiger partial charge < -0.3 is 9.47 Å². The Morgan fingerprint density at radius 1 is 1.55 bits per heavy atom. The molecule has 0 aromatic carbocycles. The Balaban J connectivity index is 2.14. The molecule has 1 amide bonds. The first kappa shape index (κ1) is 12.9. The fourth-order valence-corrected chi connectivity index (χ4v) is 3.42. The minimum atomic E-state index is -1.05. The van der Waals surface area contributed by atoms with Crippen LogP contribution in [0.1, 0.15) is 36.9 Å². The molecule has 0 spiro atoms. The average molecular weight is 276 g/mol. The van der Waals surface area contributed by atoms with E-state index >= 15 is 0 Å². The number of rotatable bonds is 2. The predicted molar refractivity (Wildman–Crippen MR) is 68.8 cm³/mol. The van der Waals surface area contributed by atoms with E-state index in [0.717, 1.165) is 11.1 Å². The van der Waals surface area contributed by atoms with Crippen LogP contribution in [0.25, 0.3) is 0 Å². The fourth-order valence-electron chi connectivity index (χ4n) is 3.42. The molecule has 3 rings (SSSR count). The molecule has 1 aromatic heterocycles. The Kier molecular flexibility index (Phi) is 2.88. The summed E-state index contributed by atoms with van der Waals surface area (Å²) in [5.74, 6) is -0.419. The smallest absolute Gasteiger partial charge is 0.411 e. The number of aromatic nitrogens is 1. The van der Waals surface area contributed by atoms with Gasteiger partial charge in [-0.25, -0.2) is 9.59 Å². The summed E-state index contributed by atoms with van der Waals surface area (Å²) in [4.78, 5) is 30.3. The second-order valence-electron chi connectivity index (χ2n) is 4.94. The van der Waals surface area contributed by atoms with Crippen molar-refractivity contribution in [2.45, 2.75) is 31.3 Å². The summed E-state index contributed by atoms with van der Waals surface area (Å²) < 4.78 is 10.1. The lowest BCUT2D eigenvalue weighted by Crippen LogP contribution is -2.48. The number of ether oxygens (including phenoxy) is 2. The molecule has 106 valence electrons. The summed E-state index contributed by atoms with van der Waals surface area (Å²) in [5.41, 5.74) is 0.671. The average Bonchev–Trinajstić information content (AvgIpc) is 3.00. The molecule has 1 saturated heterocycles. The normalized spacial score (nSPS) is 26.3. The van der Waals surface area contributed by atoms with Crippen molar-refractivity contribution in [2.24, 2.45) is 0 Å². The zero-order valence-corrected chi connectivity index (χ0v) is 11.5. The summed E-state index contributed by atoms with van der Waals surface area (Å²) in [6, 6.07) is 1.63. The summed E-state index contributed by atoms with van der Waals surface area (Å²) in [5, 5.41) is 0. The summed E-state index contributed by atoms with van der Waals surface area (Å²) in [6.45, 7) is 2.02. The van der Waals surface area contributed by atoms with Crippen LogP contribution in [-0.4, -0.2) is 35.7 Å². The van der Waals surface area contributed by atoms with E-state index in [1.165, 1.54) is 12.0 Å². The number of pyridine rings is 1. The Hall–Kier alpha value is -2.11. The molecule has 0 saturated carbocycles. The molecule has 0 N–H and O–H groups in total. The molecule has 0 unspecified atom stereocenters. The largest absolute Gasteiger partial charge is 0.467 e. The van der Waals surface area contributed by atoms with Gasteiger partial charge in [0.15, 0.2) is 5.54 Å². The van der Waals surface area contributed by atoms with Crippen LogP contribution < -0.4 is 0 Å². The van der Waals surface area contributed by atoms with Crippen molar-refractivity contribution in [1.82, 2.24) is 9.88 Å². The van der Waals surface area contributed by atoms with Gasteiger partial charge in [-0.15, -0.1) is 0 Å². The van der Waals surface area contributed by atoms with Crippen molar-refractivity contribution in [3.05, 3.63) is 29.6 Å². The zero-order valence-electron chi connectivity index (χ0n) is 11.5. The second-order valence-corrected chi connectivity index (χ2v) is 4.94. The van der Waals surface area contributed by atoms with E-state index in [1.54, 1.807) is 25.4 Å². The van der Waals surface area contributed by atoms with Crippen molar-refractivity contribution >= 4 is 12.1 Å². The number of fused-ring (bicyclic) bond motifs is 5. The van der Waals surface area contributed by atoms with E-state index in [-0.39, 0.29) is 12.6 Å². The van der Waals surface area contributed by atoms with Gasteiger partial charge in [-0.1, -0.05) is 0 Å². The molecule has 2 bridgehead atoms. The van der Waals surface area contributed by atoms with Gasteiger partial charge in [-0.3, -0.25) is 9.88 Å². The lowest BCUT2D eigenvalue weighted by molar-refractivity contribution is -0.153. The highest BCUT2D eigenvalue weighted by molar-refractivity contribution is 5.90. The van der Waals surface area contributed by atoms with Gasteiger partial charge in [0.05, 0.1) is 19.8 Å². The first-order valence-corrected chi connectivity index (χ1v) is 6.65. The molecular weight excluding hydrogens is 260 g/mol. The highest BCUT2D eigenvalue weighted by Crippen LogP contribution is 2.57. The third kappa shape index (κ3) is 1.42. The molecule has 3 heterocycles. The highest BCUT2D eigenvalue weighted by atomic mass is 16.6. The minimum Gasteiger partial charge on any atom is -0.467 e. The maximum absolute atomic E-state index is 12.4. The maximum Gasteiger partial charge on any atom is 0.411 e. The number of nitrogens with zero attached hydrogens (tertiary/aromatic N) is 2. The lowest BCUT2D eigenvalue weighted by atomic mass is 9.82.